The van der Waals surface area contributed by atoms with Crippen LogP contribution in [0.4, 0.5) is 11.9 Å². The van der Waals surface area contributed by atoms with Gasteiger partial charge >= 0.3 is 0 Å². The number of ether oxygens (including phenoxy) is 1. The number of methoxy groups -OCH3 is 1. The van der Waals surface area contributed by atoms with Crippen LogP contribution >= 0.6 is 11.8 Å². The van der Waals surface area contributed by atoms with E-state index in [0.717, 1.165) is 49.5 Å². The molecular weight excluding hydrogens is 274 g/mol. The molecule has 1 aromatic rings. The molecule has 1 aliphatic rings. The number of aromatic nitrogens is 3. The average Bonchev–Trinajstić information content (AvgIpc) is 2.98. The molecule has 0 amide bonds. The molecule has 2 heterocycles. The third kappa shape index (κ3) is 4.49. The van der Waals surface area contributed by atoms with Crippen molar-refractivity contribution >= 4 is 23.7 Å². The summed E-state index contributed by atoms with van der Waals surface area (Å²) in [6.07, 6.45) is 3.44. The zero-order valence-corrected chi connectivity index (χ0v) is 13.1. The van der Waals surface area contributed by atoms with E-state index in [0.29, 0.717) is 5.95 Å². The predicted molar refractivity (Wildman–Crippen MR) is 82.7 cm³/mol. The maximum atomic E-state index is 5.06. The quantitative estimate of drug-likeness (QED) is 0.582. The van der Waals surface area contributed by atoms with E-state index in [4.69, 9.17) is 4.74 Å². The smallest absolute Gasteiger partial charge is 0.231 e. The fourth-order valence-electron chi connectivity index (χ4n) is 2.07. The molecule has 1 saturated heterocycles. The SMILES string of the molecule is CCNc1nc(SCCCOC)nc(N2CCCC2)n1. The molecular formula is C13H23N5OS. The van der Waals surface area contributed by atoms with Gasteiger partial charge in [-0.1, -0.05) is 11.8 Å². The van der Waals surface area contributed by atoms with Gasteiger partial charge in [-0.15, -0.1) is 0 Å². The second kappa shape index (κ2) is 8.26. The van der Waals surface area contributed by atoms with E-state index in [-0.39, 0.29) is 0 Å². The predicted octanol–water partition coefficient (Wildman–Crippen LogP) is 2.03. The molecule has 0 radical (unpaired) electrons. The van der Waals surface area contributed by atoms with Crippen molar-refractivity contribution in [3.63, 3.8) is 0 Å². The zero-order chi connectivity index (χ0) is 14.2. The van der Waals surface area contributed by atoms with Crippen LogP contribution in [0.25, 0.3) is 0 Å². The van der Waals surface area contributed by atoms with Crippen molar-refractivity contribution in [2.45, 2.75) is 31.3 Å². The van der Waals surface area contributed by atoms with E-state index in [1.807, 2.05) is 6.92 Å². The highest BCUT2D eigenvalue weighted by atomic mass is 32.2. The van der Waals surface area contributed by atoms with Crippen LogP contribution < -0.4 is 10.2 Å². The molecule has 0 bridgehead atoms. The lowest BCUT2D eigenvalue weighted by Crippen LogP contribution is -2.22. The van der Waals surface area contributed by atoms with E-state index in [1.165, 1.54) is 12.8 Å². The number of anilines is 2. The van der Waals surface area contributed by atoms with Gasteiger partial charge in [0.05, 0.1) is 0 Å². The second-order valence-electron chi connectivity index (χ2n) is 4.66. The maximum Gasteiger partial charge on any atom is 0.231 e. The normalized spacial score (nSPS) is 14.8. The molecule has 0 spiro atoms. The van der Waals surface area contributed by atoms with Crippen molar-refractivity contribution in [2.75, 3.05) is 49.3 Å². The van der Waals surface area contributed by atoms with E-state index in [1.54, 1.807) is 18.9 Å². The Morgan fingerprint density at radius 2 is 2.05 bits per heavy atom. The van der Waals surface area contributed by atoms with Crippen molar-refractivity contribution < 1.29 is 4.74 Å². The van der Waals surface area contributed by atoms with Crippen LogP contribution in [0.15, 0.2) is 5.16 Å². The number of nitrogens with one attached hydrogen (secondary N) is 1. The third-order valence-electron chi connectivity index (χ3n) is 3.05. The summed E-state index contributed by atoms with van der Waals surface area (Å²) in [7, 11) is 1.72. The summed E-state index contributed by atoms with van der Waals surface area (Å²) in [5.74, 6) is 2.45. The first kappa shape index (κ1) is 15.3. The Balaban J connectivity index is 2.04. The molecule has 0 aromatic carbocycles. The lowest BCUT2D eigenvalue weighted by molar-refractivity contribution is 0.200. The molecule has 0 aliphatic carbocycles. The Labute approximate surface area is 124 Å². The summed E-state index contributed by atoms with van der Waals surface area (Å²) in [4.78, 5) is 15.8. The molecule has 20 heavy (non-hydrogen) atoms. The fraction of sp³-hybridized carbons (Fsp3) is 0.769. The van der Waals surface area contributed by atoms with Gasteiger partial charge in [0.25, 0.3) is 0 Å². The summed E-state index contributed by atoms with van der Waals surface area (Å²) >= 11 is 1.66. The lowest BCUT2D eigenvalue weighted by atomic mass is 10.4. The molecule has 1 aliphatic heterocycles. The van der Waals surface area contributed by atoms with Gasteiger partial charge in [-0.05, 0) is 26.2 Å². The van der Waals surface area contributed by atoms with Gasteiger partial charge in [-0.3, -0.25) is 0 Å². The minimum Gasteiger partial charge on any atom is -0.385 e. The van der Waals surface area contributed by atoms with E-state index in [9.17, 15) is 0 Å². The van der Waals surface area contributed by atoms with Crippen molar-refractivity contribution in [1.82, 2.24) is 15.0 Å². The monoisotopic (exact) mass is 297 g/mol. The van der Waals surface area contributed by atoms with Crippen LogP contribution in [0.5, 0.6) is 0 Å². The molecule has 7 heteroatoms. The van der Waals surface area contributed by atoms with Crippen LogP contribution in [-0.4, -0.2) is 54.1 Å². The molecule has 1 aromatic heterocycles. The van der Waals surface area contributed by atoms with Gasteiger partial charge in [0, 0.05) is 39.1 Å². The second-order valence-corrected chi connectivity index (χ2v) is 5.72. The number of hydrogen-bond donors (Lipinski definition) is 1. The maximum absolute atomic E-state index is 5.06. The highest BCUT2D eigenvalue weighted by Crippen LogP contribution is 2.21. The minimum absolute atomic E-state index is 0.679. The molecule has 1 fully saturated rings. The summed E-state index contributed by atoms with van der Waals surface area (Å²) < 4.78 is 5.06. The number of rotatable bonds is 8. The summed E-state index contributed by atoms with van der Waals surface area (Å²) in [5, 5.41) is 3.99. The van der Waals surface area contributed by atoms with Gasteiger partial charge in [-0.25, -0.2) is 0 Å². The summed E-state index contributed by atoms with van der Waals surface area (Å²) in [6.45, 7) is 5.73. The van der Waals surface area contributed by atoms with Crippen LogP contribution in [0, 0.1) is 0 Å². The summed E-state index contributed by atoms with van der Waals surface area (Å²) in [6, 6.07) is 0. The first-order valence-electron chi connectivity index (χ1n) is 7.20. The van der Waals surface area contributed by atoms with Crippen LogP contribution in [0.2, 0.25) is 0 Å². The van der Waals surface area contributed by atoms with Gasteiger partial charge in [0.15, 0.2) is 5.16 Å². The van der Waals surface area contributed by atoms with Gasteiger partial charge in [0.1, 0.15) is 0 Å². The molecule has 0 atom stereocenters. The number of nitrogens with zero attached hydrogens (tertiary/aromatic N) is 4. The fourth-order valence-corrected chi connectivity index (χ4v) is 2.81. The van der Waals surface area contributed by atoms with Gasteiger partial charge in [0.2, 0.25) is 11.9 Å². The van der Waals surface area contributed by atoms with Crippen LogP contribution in [0.1, 0.15) is 26.2 Å². The Morgan fingerprint density at radius 3 is 2.75 bits per heavy atom. The van der Waals surface area contributed by atoms with Crippen LogP contribution in [0.3, 0.4) is 0 Å². The molecule has 1 N–H and O–H groups in total. The minimum atomic E-state index is 0.679. The van der Waals surface area contributed by atoms with Crippen molar-refractivity contribution in [2.24, 2.45) is 0 Å². The van der Waals surface area contributed by atoms with E-state index < -0.39 is 0 Å². The Bertz CT molecular complexity index is 412. The highest BCUT2D eigenvalue weighted by Gasteiger charge is 2.17. The van der Waals surface area contributed by atoms with E-state index >= 15 is 0 Å². The zero-order valence-electron chi connectivity index (χ0n) is 12.3. The first-order valence-corrected chi connectivity index (χ1v) is 8.18. The Hall–Kier alpha value is -1.08. The van der Waals surface area contributed by atoms with Gasteiger partial charge < -0.3 is 15.0 Å². The topological polar surface area (TPSA) is 63.2 Å². The molecule has 2 rings (SSSR count). The average molecular weight is 297 g/mol. The standard InChI is InChI=1S/C13H23N5OS/c1-3-14-11-15-12(18-7-4-5-8-18)17-13(16-11)20-10-6-9-19-2/h3-10H2,1-2H3,(H,14,15,16,17). The van der Waals surface area contributed by atoms with Crippen LogP contribution in [-0.2, 0) is 4.74 Å². The van der Waals surface area contributed by atoms with Crippen molar-refractivity contribution in [3.05, 3.63) is 0 Å². The first-order chi connectivity index (χ1) is 9.83. The Morgan fingerprint density at radius 1 is 1.25 bits per heavy atom. The third-order valence-corrected chi connectivity index (χ3v) is 3.98. The number of thioether (sulfide) groups is 1. The largest absolute Gasteiger partial charge is 0.385 e. The van der Waals surface area contributed by atoms with Gasteiger partial charge in [-0.2, -0.15) is 15.0 Å². The lowest BCUT2D eigenvalue weighted by Gasteiger charge is -2.16. The van der Waals surface area contributed by atoms with Crippen molar-refractivity contribution in [1.29, 1.82) is 0 Å². The van der Waals surface area contributed by atoms with E-state index in [2.05, 4.69) is 25.2 Å². The number of hydrogen-bond acceptors (Lipinski definition) is 7. The molecule has 6 nitrogen and oxygen atoms in total. The Kier molecular flexibility index (Phi) is 6.32. The van der Waals surface area contributed by atoms with Crippen molar-refractivity contribution in [3.8, 4) is 0 Å². The molecule has 112 valence electrons. The highest BCUT2D eigenvalue weighted by molar-refractivity contribution is 7.99. The molecule has 0 saturated carbocycles. The summed E-state index contributed by atoms with van der Waals surface area (Å²) in [5.41, 5.74) is 0. The molecule has 0 unspecified atom stereocenters.